The van der Waals surface area contributed by atoms with Gasteiger partial charge in [0, 0.05) is 5.69 Å². The molecule has 0 aliphatic heterocycles. The molecule has 0 spiro atoms. The number of aromatic nitrogens is 1. The highest BCUT2D eigenvalue weighted by atomic mass is 16.5. The van der Waals surface area contributed by atoms with E-state index in [4.69, 9.17) is 9.47 Å². The van der Waals surface area contributed by atoms with E-state index in [2.05, 4.69) is 0 Å². The maximum absolute atomic E-state index is 12.2. The number of hydrogen-bond donors (Lipinski definition) is 0. The molecule has 0 radical (unpaired) electrons. The summed E-state index contributed by atoms with van der Waals surface area (Å²) in [5, 5.41) is 0. The van der Waals surface area contributed by atoms with Crippen LogP contribution in [0, 0.1) is 13.8 Å². The van der Waals surface area contributed by atoms with Gasteiger partial charge in [0.05, 0.1) is 13.2 Å². The van der Waals surface area contributed by atoms with Crippen molar-refractivity contribution < 1.29 is 19.1 Å². The topological polar surface area (TPSA) is 57.5 Å². The zero-order valence-electron chi connectivity index (χ0n) is 13.9. The maximum atomic E-state index is 12.2. The molecule has 2 aromatic rings. The van der Waals surface area contributed by atoms with Gasteiger partial charge < -0.3 is 9.47 Å². The first kappa shape index (κ1) is 16.8. The lowest BCUT2D eigenvalue weighted by molar-refractivity contribution is 0.0509. The van der Waals surface area contributed by atoms with E-state index >= 15 is 0 Å². The summed E-state index contributed by atoms with van der Waals surface area (Å²) in [6.07, 6.45) is 0. The molecule has 5 nitrogen and oxygen atoms in total. The first-order valence-electron chi connectivity index (χ1n) is 7.62. The Labute approximate surface area is 135 Å². The molecule has 0 saturated heterocycles. The van der Waals surface area contributed by atoms with Crippen molar-refractivity contribution in [1.29, 1.82) is 0 Å². The molecule has 0 amide bonds. The SMILES string of the molecule is CCOC(=O)c1ccc(C(=O)OCC)n1-c1cc(C)cc(C)c1. The number of esters is 2. The number of carbonyl (C=O) groups is 2. The van der Waals surface area contributed by atoms with Gasteiger partial charge in [0.1, 0.15) is 11.4 Å². The van der Waals surface area contributed by atoms with Crippen molar-refractivity contribution in [3.8, 4) is 5.69 Å². The number of benzene rings is 1. The third kappa shape index (κ3) is 3.62. The summed E-state index contributed by atoms with van der Waals surface area (Å²) in [6, 6.07) is 9.03. The molecule has 5 heteroatoms. The van der Waals surface area contributed by atoms with Gasteiger partial charge in [0.15, 0.2) is 0 Å². The first-order chi connectivity index (χ1) is 11.0. The van der Waals surface area contributed by atoms with E-state index in [1.165, 1.54) is 0 Å². The van der Waals surface area contributed by atoms with E-state index in [1.807, 2.05) is 32.0 Å². The van der Waals surface area contributed by atoms with Crippen LogP contribution in [0.4, 0.5) is 0 Å². The molecule has 122 valence electrons. The van der Waals surface area contributed by atoms with E-state index in [-0.39, 0.29) is 13.2 Å². The second kappa shape index (κ2) is 7.13. The summed E-state index contributed by atoms with van der Waals surface area (Å²) in [5.74, 6) is -0.940. The lowest BCUT2D eigenvalue weighted by Crippen LogP contribution is -2.16. The van der Waals surface area contributed by atoms with Gasteiger partial charge in [-0.3, -0.25) is 4.57 Å². The summed E-state index contributed by atoms with van der Waals surface area (Å²) in [7, 11) is 0. The van der Waals surface area contributed by atoms with Gasteiger partial charge in [-0.1, -0.05) is 6.07 Å². The first-order valence-corrected chi connectivity index (χ1v) is 7.62. The van der Waals surface area contributed by atoms with Crippen LogP contribution in [0.1, 0.15) is 46.0 Å². The van der Waals surface area contributed by atoms with Gasteiger partial charge in [-0.25, -0.2) is 9.59 Å². The molecule has 1 aromatic heterocycles. The van der Waals surface area contributed by atoms with Crippen molar-refractivity contribution >= 4 is 11.9 Å². The van der Waals surface area contributed by atoms with Crippen molar-refractivity contribution in [2.45, 2.75) is 27.7 Å². The fourth-order valence-electron chi connectivity index (χ4n) is 2.52. The second-order valence-electron chi connectivity index (χ2n) is 5.23. The van der Waals surface area contributed by atoms with Crippen LogP contribution in [0.3, 0.4) is 0 Å². The number of aryl methyl sites for hydroxylation is 2. The minimum atomic E-state index is -0.470. The largest absolute Gasteiger partial charge is 0.461 e. The average Bonchev–Trinajstić information content (AvgIpc) is 2.91. The monoisotopic (exact) mass is 315 g/mol. The summed E-state index contributed by atoms with van der Waals surface area (Å²) < 4.78 is 11.8. The molecule has 23 heavy (non-hydrogen) atoms. The van der Waals surface area contributed by atoms with Crippen LogP contribution < -0.4 is 0 Å². The Morgan fingerprint density at radius 2 is 1.30 bits per heavy atom. The predicted octanol–water partition coefficient (Wildman–Crippen LogP) is 3.45. The van der Waals surface area contributed by atoms with Gasteiger partial charge in [-0.05, 0) is 63.1 Å². The highest BCUT2D eigenvalue weighted by molar-refractivity contribution is 5.94. The van der Waals surface area contributed by atoms with Gasteiger partial charge in [0.25, 0.3) is 0 Å². The summed E-state index contributed by atoms with van der Waals surface area (Å²) in [5.41, 5.74) is 3.43. The van der Waals surface area contributed by atoms with Crippen molar-refractivity contribution in [1.82, 2.24) is 4.57 Å². The van der Waals surface area contributed by atoms with Crippen molar-refractivity contribution in [3.05, 3.63) is 52.8 Å². The molecule has 0 saturated carbocycles. The molecule has 1 heterocycles. The minimum Gasteiger partial charge on any atom is -0.461 e. The zero-order valence-corrected chi connectivity index (χ0v) is 13.9. The van der Waals surface area contributed by atoms with Crippen LogP contribution in [0.25, 0.3) is 5.69 Å². The normalized spacial score (nSPS) is 10.4. The average molecular weight is 315 g/mol. The Morgan fingerprint density at radius 1 is 0.870 bits per heavy atom. The van der Waals surface area contributed by atoms with E-state index in [9.17, 15) is 9.59 Å². The molecule has 0 unspecified atom stereocenters. The van der Waals surface area contributed by atoms with Crippen molar-refractivity contribution in [3.63, 3.8) is 0 Å². The highest BCUT2D eigenvalue weighted by Gasteiger charge is 2.22. The molecule has 0 N–H and O–H groups in total. The number of nitrogens with zero attached hydrogens (tertiary/aromatic N) is 1. The van der Waals surface area contributed by atoms with Crippen LogP contribution >= 0.6 is 0 Å². The van der Waals surface area contributed by atoms with Crippen LogP contribution in [0.2, 0.25) is 0 Å². The number of carbonyl (C=O) groups excluding carboxylic acids is 2. The molecular formula is C18H21NO4. The third-order valence-corrected chi connectivity index (χ3v) is 3.31. The Hall–Kier alpha value is -2.56. The van der Waals surface area contributed by atoms with Crippen LogP contribution in [-0.4, -0.2) is 29.7 Å². The molecule has 0 bridgehead atoms. The summed E-state index contributed by atoms with van der Waals surface area (Å²) in [6.45, 7) is 7.96. The molecule has 0 aliphatic rings. The van der Waals surface area contributed by atoms with Crippen molar-refractivity contribution in [2.75, 3.05) is 13.2 Å². The standard InChI is InChI=1S/C18H21NO4/c1-5-22-17(20)15-7-8-16(18(21)23-6-2)19(15)14-10-12(3)9-13(4)11-14/h7-11H,5-6H2,1-4H3. The van der Waals surface area contributed by atoms with Crippen LogP contribution in [0.5, 0.6) is 0 Å². The third-order valence-electron chi connectivity index (χ3n) is 3.31. The quantitative estimate of drug-likeness (QED) is 0.793. The molecule has 0 aliphatic carbocycles. The Morgan fingerprint density at radius 3 is 1.70 bits per heavy atom. The molecule has 0 atom stereocenters. The number of ether oxygens (including phenoxy) is 2. The fourth-order valence-corrected chi connectivity index (χ4v) is 2.52. The fraction of sp³-hybridized carbons (Fsp3) is 0.333. The molecular weight excluding hydrogens is 294 g/mol. The van der Waals surface area contributed by atoms with Gasteiger partial charge in [-0.15, -0.1) is 0 Å². The van der Waals surface area contributed by atoms with E-state index in [0.29, 0.717) is 11.4 Å². The number of hydrogen-bond acceptors (Lipinski definition) is 4. The smallest absolute Gasteiger partial charge is 0.355 e. The van der Waals surface area contributed by atoms with E-state index in [0.717, 1.165) is 16.8 Å². The lowest BCUT2D eigenvalue weighted by Gasteiger charge is -2.14. The highest BCUT2D eigenvalue weighted by Crippen LogP contribution is 2.21. The van der Waals surface area contributed by atoms with Gasteiger partial charge in [0.2, 0.25) is 0 Å². The predicted molar refractivity (Wildman–Crippen MR) is 87.2 cm³/mol. The summed E-state index contributed by atoms with van der Waals surface area (Å²) in [4.78, 5) is 24.4. The second-order valence-corrected chi connectivity index (χ2v) is 5.23. The van der Waals surface area contributed by atoms with E-state index in [1.54, 1.807) is 30.5 Å². The summed E-state index contributed by atoms with van der Waals surface area (Å²) >= 11 is 0. The zero-order chi connectivity index (χ0) is 17.0. The van der Waals surface area contributed by atoms with E-state index < -0.39 is 11.9 Å². The van der Waals surface area contributed by atoms with Crippen LogP contribution in [0.15, 0.2) is 30.3 Å². The Balaban J connectivity index is 2.62. The lowest BCUT2D eigenvalue weighted by atomic mass is 10.1. The number of rotatable bonds is 5. The Bertz CT molecular complexity index is 675. The van der Waals surface area contributed by atoms with Crippen molar-refractivity contribution in [2.24, 2.45) is 0 Å². The van der Waals surface area contributed by atoms with Gasteiger partial charge >= 0.3 is 11.9 Å². The molecule has 1 aromatic carbocycles. The molecule has 2 rings (SSSR count). The van der Waals surface area contributed by atoms with Gasteiger partial charge in [-0.2, -0.15) is 0 Å². The Kier molecular flexibility index (Phi) is 5.21. The minimum absolute atomic E-state index is 0.269. The van der Waals surface area contributed by atoms with Crippen LogP contribution in [-0.2, 0) is 9.47 Å². The molecule has 0 fully saturated rings. The maximum Gasteiger partial charge on any atom is 0.355 e.